The highest BCUT2D eigenvalue weighted by Crippen LogP contribution is 2.32. The molecule has 0 aliphatic carbocycles. The summed E-state index contributed by atoms with van der Waals surface area (Å²) >= 11 is 0. The molecule has 4 aromatic rings. The van der Waals surface area contributed by atoms with E-state index in [0.29, 0.717) is 58.7 Å². The summed E-state index contributed by atoms with van der Waals surface area (Å²) in [5.41, 5.74) is 1.02. The Bertz CT molecular complexity index is 1340. The van der Waals surface area contributed by atoms with Crippen LogP contribution >= 0.6 is 0 Å². The number of hydrogen-bond acceptors (Lipinski definition) is 0. The lowest BCUT2D eigenvalue weighted by molar-refractivity contribution is -0.137. The summed E-state index contributed by atoms with van der Waals surface area (Å²) in [6.45, 7) is 3.61. The predicted octanol–water partition coefficient (Wildman–Crippen LogP) is 8.85. The molecule has 0 unspecified atom stereocenters. The third-order valence-corrected chi connectivity index (χ3v) is 6.03. The van der Waals surface area contributed by atoms with E-state index in [-0.39, 0.29) is 5.56 Å². The second-order valence-corrected chi connectivity index (χ2v) is 8.43. The topological polar surface area (TPSA) is 0 Å². The number of benzene rings is 4. The largest absolute Gasteiger partial charge is 0.416 e. The van der Waals surface area contributed by atoms with Gasteiger partial charge in [-0.1, -0.05) is 42.5 Å². The third-order valence-electron chi connectivity index (χ3n) is 6.03. The molecular weight excluding hydrogens is 462 g/mol. The van der Waals surface area contributed by atoms with E-state index in [1.165, 1.54) is 36.4 Å². The van der Waals surface area contributed by atoms with E-state index in [2.05, 4.69) is 6.58 Å². The van der Waals surface area contributed by atoms with Gasteiger partial charge in [0.25, 0.3) is 0 Å². The first-order valence-corrected chi connectivity index (χ1v) is 11.1. The van der Waals surface area contributed by atoms with Crippen LogP contribution in [-0.2, 0) is 25.4 Å². The minimum absolute atomic E-state index is 0.166. The third kappa shape index (κ3) is 5.42. The summed E-state index contributed by atoms with van der Waals surface area (Å²) in [4.78, 5) is 0. The number of halogens is 6. The lowest BCUT2D eigenvalue weighted by Crippen LogP contribution is -2.04. The molecule has 0 nitrogen and oxygen atoms in total. The fraction of sp³-hybridized carbons (Fsp3) is 0.172. The van der Waals surface area contributed by atoms with Crippen molar-refractivity contribution in [2.24, 2.45) is 0 Å². The highest BCUT2D eigenvalue weighted by molar-refractivity contribution is 5.88. The summed E-state index contributed by atoms with van der Waals surface area (Å²) in [5, 5.41) is 0.801. The molecule has 6 heteroatoms. The summed E-state index contributed by atoms with van der Waals surface area (Å²) in [6.07, 6.45) is -0.970. The number of aryl methyl sites for hydroxylation is 3. The van der Waals surface area contributed by atoms with E-state index in [9.17, 15) is 22.0 Å². The van der Waals surface area contributed by atoms with Crippen molar-refractivity contribution in [2.75, 3.05) is 0 Å². The molecule has 0 heterocycles. The number of allylic oxidation sites excluding steroid dienone is 1. The minimum Gasteiger partial charge on any atom is -0.206 e. The zero-order valence-electron chi connectivity index (χ0n) is 18.7. The van der Waals surface area contributed by atoms with Crippen LogP contribution in [0.4, 0.5) is 26.3 Å². The van der Waals surface area contributed by atoms with Gasteiger partial charge in [-0.3, -0.25) is 0 Å². The Labute approximate surface area is 199 Å². The highest BCUT2D eigenvalue weighted by atomic mass is 19.4. The van der Waals surface area contributed by atoms with Gasteiger partial charge in [0.2, 0.25) is 0 Å². The second kappa shape index (κ2) is 9.98. The Balaban J connectivity index is 1.57. The maximum absolute atomic E-state index is 15.2. The summed E-state index contributed by atoms with van der Waals surface area (Å²) in [7, 11) is 0. The molecule has 4 rings (SSSR count). The van der Waals surface area contributed by atoms with Crippen LogP contribution in [0.3, 0.4) is 0 Å². The molecule has 0 amide bonds. The van der Waals surface area contributed by atoms with Crippen molar-refractivity contribution in [3.63, 3.8) is 0 Å². The van der Waals surface area contributed by atoms with E-state index in [1.807, 2.05) is 0 Å². The maximum Gasteiger partial charge on any atom is 0.416 e. The first-order valence-electron chi connectivity index (χ1n) is 11.1. The fourth-order valence-electron chi connectivity index (χ4n) is 4.14. The van der Waals surface area contributed by atoms with E-state index < -0.39 is 29.2 Å². The van der Waals surface area contributed by atoms with Crippen molar-refractivity contribution < 1.29 is 26.3 Å². The number of rotatable bonds is 7. The van der Waals surface area contributed by atoms with Crippen molar-refractivity contribution in [2.45, 2.75) is 31.9 Å². The Hall–Kier alpha value is -3.54. The normalized spacial score (nSPS) is 11.7. The van der Waals surface area contributed by atoms with Gasteiger partial charge in [-0.25, -0.2) is 13.2 Å². The summed E-state index contributed by atoms with van der Waals surface area (Å²) < 4.78 is 82.7. The molecule has 0 aromatic heterocycles. The van der Waals surface area contributed by atoms with Gasteiger partial charge in [0.15, 0.2) is 0 Å². The van der Waals surface area contributed by atoms with E-state index in [1.54, 1.807) is 24.3 Å². The van der Waals surface area contributed by atoms with Crippen LogP contribution in [-0.4, -0.2) is 0 Å². The van der Waals surface area contributed by atoms with Crippen molar-refractivity contribution in [1.82, 2.24) is 0 Å². The zero-order chi connectivity index (χ0) is 25.2. The maximum atomic E-state index is 15.2. The van der Waals surface area contributed by atoms with Crippen LogP contribution in [0, 0.1) is 17.5 Å². The highest BCUT2D eigenvalue weighted by Gasteiger charge is 2.29. The molecular formula is C29H22F6. The van der Waals surface area contributed by atoms with E-state index in [0.717, 1.165) is 12.1 Å². The number of alkyl halides is 3. The van der Waals surface area contributed by atoms with E-state index >= 15 is 4.39 Å². The van der Waals surface area contributed by atoms with Crippen molar-refractivity contribution in [3.8, 4) is 11.1 Å². The average Bonchev–Trinajstić information content (AvgIpc) is 2.81. The molecule has 0 spiro atoms. The number of hydrogen-bond donors (Lipinski definition) is 0. The van der Waals surface area contributed by atoms with Gasteiger partial charge >= 0.3 is 6.18 Å². The van der Waals surface area contributed by atoms with Crippen LogP contribution in [0.5, 0.6) is 0 Å². The fourth-order valence-corrected chi connectivity index (χ4v) is 4.14. The molecule has 0 fully saturated rings. The molecule has 0 aliphatic rings. The van der Waals surface area contributed by atoms with Crippen LogP contribution in [0.15, 0.2) is 79.4 Å². The molecule has 0 atom stereocenters. The van der Waals surface area contributed by atoms with Gasteiger partial charge in [0.1, 0.15) is 17.5 Å². The molecule has 0 bridgehead atoms. The quantitative estimate of drug-likeness (QED) is 0.182. The van der Waals surface area contributed by atoms with Crippen LogP contribution < -0.4 is 0 Å². The Morgan fingerprint density at radius 3 is 2.03 bits per heavy atom. The lowest BCUT2D eigenvalue weighted by atomic mass is 9.95. The first kappa shape index (κ1) is 24.6. The molecule has 35 heavy (non-hydrogen) atoms. The SMILES string of the molecule is C=CCCc1cc(F)c(-c2ccc3c(F)c(CCc4ccc(C(F)(F)F)cc4)ccc3c2)c(F)c1. The molecule has 0 aliphatic heterocycles. The summed E-state index contributed by atoms with van der Waals surface area (Å²) in [6, 6.07) is 15.2. The zero-order valence-corrected chi connectivity index (χ0v) is 18.7. The molecule has 0 N–H and O–H groups in total. The Kier molecular flexibility index (Phi) is 7.01. The van der Waals surface area contributed by atoms with Gasteiger partial charge in [0.05, 0.1) is 11.1 Å². The number of fused-ring (bicyclic) bond motifs is 1. The second-order valence-electron chi connectivity index (χ2n) is 8.43. The summed E-state index contributed by atoms with van der Waals surface area (Å²) in [5.74, 6) is -1.82. The average molecular weight is 484 g/mol. The lowest BCUT2D eigenvalue weighted by Gasteiger charge is -2.11. The molecule has 0 saturated heterocycles. The predicted molar refractivity (Wildman–Crippen MR) is 127 cm³/mol. The van der Waals surface area contributed by atoms with Crippen LogP contribution in [0.2, 0.25) is 0 Å². The smallest absolute Gasteiger partial charge is 0.206 e. The van der Waals surface area contributed by atoms with Crippen LogP contribution in [0.1, 0.15) is 28.7 Å². The van der Waals surface area contributed by atoms with Crippen molar-refractivity contribution >= 4 is 10.8 Å². The standard InChI is InChI=1S/C29H22F6/c1-2-3-4-19-15-25(30)27(26(31)16-19)22-11-14-24-21(17-22)10-9-20(28(24)32)8-5-18-6-12-23(13-7-18)29(33,34)35/h2,6-7,9-17H,1,3-5,8H2. The minimum atomic E-state index is -4.40. The molecule has 180 valence electrons. The van der Waals surface area contributed by atoms with Crippen molar-refractivity contribution in [3.05, 3.63) is 119 Å². The van der Waals surface area contributed by atoms with Gasteiger partial charge in [-0.05, 0) is 83.7 Å². The Morgan fingerprint density at radius 2 is 1.40 bits per heavy atom. The first-order chi connectivity index (χ1) is 16.7. The van der Waals surface area contributed by atoms with E-state index in [4.69, 9.17) is 0 Å². The molecule has 0 saturated carbocycles. The van der Waals surface area contributed by atoms with Crippen LogP contribution in [0.25, 0.3) is 21.9 Å². The molecule has 4 aromatic carbocycles. The Morgan fingerprint density at radius 1 is 0.714 bits per heavy atom. The van der Waals surface area contributed by atoms with Gasteiger partial charge < -0.3 is 0 Å². The van der Waals surface area contributed by atoms with Gasteiger partial charge in [0, 0.05) is 5.39 Å². The van der Waals surface area contributed by atoms with Crippen molar-refractivity contribution in [1.29, 1.82) is 0 Å². The molecule has 0 radical (unpaired) electrons. The monoisotopic (exact) mass is 484 g/mol. The van der Waals surface area contributed by atoms with Gasteiger partial charge in [-0.2, -0.15) is 13.2 Å². The van der Waals surface area contributed by atoms with Gasteiger partial charge in [-0.15, -0.1) is 6.58 Å².